The molecule has 0 aliphatic carbocycles. The third-order valence-electron chi connectivity index (χ3n) is 3.26. The van der Waals surface area contributed by atoms with Gasteiger partial charge in [0.1, 0.15) is 18.0 Å². The van der Waals surface area contributed by atoms with Gasteiger partial charge in [0.25, 0.3) is 0 Å². The molecule has 0 unspecified atom stereocenters. The number of ether oxygens (including phenoxy) is 2. The zero-order valence-corrected chi connectivity index (χ0v) is 13.0. The number of halogens is 1. The minimum Gasteiger partial charge on any atom is -0.493 e. The molecule has 0 bridgehead atoms. The van der Waals surface area contributed by atoms with Crippen LogP contribution in [0.5, 0.6) is 11.5 Å². The maximum absolute atomic E-state index is 13.3. The smallest absolute Gasteiger partial charge is 0.308 e. The van der Waals surface area contributed by atoms with Gasteiger partial charge in [-0.3, -0.25) is 4.79 Å². The van der Waals surface area contributed by atoms with E-state index in [1.54, 1.807) is 24.3 Å². The molecule has 0 saturated heterocycles. The van der Waals surface area contributed by atoms with Gasteiger partial charge in [-0.1, -0.05) is 6.07 Å². The fraction of sp³-hybridized carbons (Fsp3) is 0.118. The lowest BCUT2D eigenvalue weighted by molar-refractivity contribution is -0.132. The summed E-state index contributed by atoms with van der Waals surface area (Å²) in [5, 5.41) is 3.64. The van der Waals surface area contributed by atoms with Crippen LogP contribution in [0.15, 0.2) is 42.7 Å². The van der Waals surface area contributed by atoms with E-state index >= 15 is 0 Å². The van der Waals surface area contributed by atoms with E-state index in [0.717, 1.165) is 0 Å². The Hall–Kier alpha value is -3.22. The Balaban J connectivity index is 2.09. The summed E-state index contributed by atoms with van der Waals surface area (Å²) in [6, 6.07) is 9.27. The molecule has 7 heteroatoms. The topological polar surface area (TPSA) is 73.3 Å². The van der Waals surface area contributed by atoms with E-state index in [-0.39, 0.29) is 11.6 Å². The number of carbonyl (C=O) groups is 1. The van der Waals surface area contributed by atoms with E-state index in [4.69, 9.17) is 9.47 Å². The van der Waals surface area contributed by atoms with Crippen LogP contribution in [0.2, 0.25) is 0 Å². The van der Waals surface area contributed by atoms with Crippen molar-refractivity contribution in [2.75, 3.05) is 12.4 Å². The first-order chi connectivity index (χ1) is 11.6. The van der Waals surface area contributed by atoms with Gasteiger partial charge in [-0.05, 0) is 24.3 Å². The van der Waals surface area contributed by atoms with Gasteiger partial charge in [-0.25, -0.2) is 14.4 Å². The first-order valence-electron chi connectivity index (χ1n) is 7.10. The van der Waals surface area contributed by atoms with Crippen LogP contribution in [-0.4, -0.2) is 23.0 Å². The number of hydrogen-bond acceptors (Lipinski definition) is 6. The Kier molecular flexibility index (Phi) is 4.24. The van der Waals surface area contributed by atoms with Crippen LogP contribution in [0.3, 0.4) is 0 Å². The van der Waals surface area contributed by atoms with E-state index in [1.165, 1.54) is 32.5 Å². The first-order valence-corrected chi connectivity index (χ1v) is 7.10. The minimum absolute atomic E-state index is 0.259. The molecule has 1 aromatic heterocycles. The third kappa shape index (κ3) is 3.24. The van der Waals surface area contributed by atoms with Gasteiger partial charge in [0.05, 0.1) is 12.6 Å². The van der Waals surface area contributed by atoms with Crippen LogP contribution in [0.4, 0.5) is 15.9 Å². The van der Waals surface area contributed by atoms with E-state index in [1.807, 2.05) is 0 Å². The largest absolute Gasteiger partial charge is 0.493 e. The van der Waals surface area contributed by atoms with Crippen molar-refractivity contribution in [1.82, 2.24) is 9.97 Å². The highest BCUT2D eigenvalue weighted by Crippen LogP contribution is 2.34. The molecule has 1 N–H and O–H groups in total. The van der Waals surface area contributed by atoms with Gasteiger partial charge in [0.2, 0.25) is 0 Å². The molecule has 0 aliphatic rings. The molecular formula is C17H14FN3O3. The number of methoxy groups -OCH3 is 1. The molecule has 122 valence electrons. The monoisotopic (exact) mass is 327 g/mol. The predicted molar refractivity (Wildman–Crippen MR) is 87.1 cm³/mol. The number of hydrogen-bond donors (Lipinski definition) is 1. The summed E-state index contributed by atoms with van der Waals surface area (Å²) in [5.41, 5.74) is 1.14. The Bertz CT molecular complexity index is 915. The molecule has 0 aliphatic heterocycles. The summed E-state index contributed by atoms with van der Waals surface area (Å²) in [7, 11) is 1.47. The van der Waals surface area contributed by atoms with Crippen molar-refractivity contribution >= 4 is 28.4 Å². The van der Waals surface area contributed by atoms with Gasteiger partial charge < -0.3 is 14.8 Å². The predicted octanol–water partition coefficient (Wildman–Crippen LogP) is 3.45. The quantitative estimate of drug-likeness (QED) is 0.584. The number of rotatable bonds is 4. The van der Waals surface area contributed by atoms with E-state index < -0.39 is 5.97 Å². The second-order valence-electron chi connectivity index (χ2n) is 4.97. The highest BCUT2D eigenvalue weighted by Gasteiger charge is 2.13. The fourth-order valence-electron chi connectivity index (χ4n) is 2.26. The number of nitrogens with zero attached hydrogens (tertiary/aromatic N) is 2. The highest BCUT2D eigenvalue weighted by atomic mass is 19.1. The fourth-order valence-corrected chi connectivity index (χ4v) is 2.26. The van der Waals surface area contributed by atoms with E-state index in [0.29, 0.717) is 28.2 Å². The minimum atomic E-state index is -0.468. The zero-order chi connectivity index (χ0) is 17.1. The highest BCUT2D eigenvalue weighted by molar-refractivity contribution is 5.93. The summed E-state index contributed by atoms with van der Waals surface area (Å²) < 4.78 is 23.7. The SMILES string of the molecule is COc1cc2ncnc(Nc3cccc(F)c3)c2cc1OC(C)=O. The van der Waals surface area contributed by atoms with E-state index in [9.17, 15) is 9.18 Å². The first kappa shape index (κ1) is 15.7. The van der Waals surface area contributed by atoms with Crippen molar-refractivity contribution < 1.29 is 18.7 Å². The number of carbonyl (C=O) groups excluding carboxylic acids is 1. The van der Waals surface area contributed by atoms with Crippen LogP contribution < -0.4 is 14.8 Å². The third-order valence-corrected chi connectivity index (χ3v) is 3.26. The molecule has 0 fully saturated rings. The number of esters is 1. The maximum atomic E-state index is 13.3. The second-order valence-corrected chi connectivity index (χ2v) is 4.97. The Morgan fingerprint density at radius 2 is 2.00 bits per heavy atom. The van der Waals surface area contributed by atoms with Gasteiger partial charge in [-0.15, -0.1) is 0 Å². The normalized spacial score (nSPS) is 10.5. The van der Waals surface area contributed by atoms with Crippen molar-refractivity contribution in [3.63, 3.8) is 0 Å². The Labute approximate surface area is 137 Å². The Morgan fingerprint density at radius 1 is 1.17 bits per heavy atom. The average molecular weight is 327 g/mol. The van der Waals surface area contributed by atoms with Crippen LogP contribution in [-0.2, 0) is 4.79 Å². The second kappa shape index (κ2) is 6.49. The van der Waals surface area contributed by atoms with Crippen molar-refractivity contribution in [3.05, 3.63) is 48.5 Å². The van der Waals surface area contributed by atoms with Gasteiger partial charge >= 0.3 is 5.97 Å². The zero-order valence-electron chi connectivity index (χ0n) is 13.0. The molecule has 24 heavy (non-hydrogen) atoms. The van der Waals surface area contributed by atoms with Gasteiger partial charge in [-0.2, -0.15) is 0 Å². The lowest BCUT2D eigenvalue weighted by Crippen LogP contribution is -2.04. The number of benzene rings is 2. The van der Waals surface area contributed by atoms with Crippen LogP contribution >= 0.6 is 0 Å². The molecule has 3 aromatic rings. The van der Waals surface area contributed by atoms with Crippen molar-refractivity contribution in [1.29, 1.82) is 0 Å². The van der Waals surface area contributed by atoms with Crippen molar-refractivity contribution in [2.24, 2.45) is 0 Å². The summed E-state index contributed by atoms with van der Waals surface area (Å²) in [6.45, 7) is 1.30. The van der Waals surface area contributed by atoms with E-state index in [2.05, 4.69) is 15.3 Å². The molecule has 0 atom stereocenters. The lowest BCUT2D eigenvalue weighted by Gasteiger charge is -2.12. The van der Waals surface area contributed by atoms with Gasteiger partial charge in [0.15, 0.2) is 11.5 Å². The molecule has 3 rings (SSSR count). The summed E-state index contributed by atoms with van der Waals surface area (Å²) in [4.78, 5) is 19.6. The standard InChI is InChI=1S/C17H14FN3O3/c1-10(22)24-16-7-13-14(8-15(16)23-2)19-9-20-17(13)21-12-5-3-4-11(18)6-12/h3-9H,1-2H3,(H,19,20,21). The maximum Gasteiger partial charge on any atom is 0.308 e. The number of anilines is 2. The number of aromatic nitrogens is 2. The number of nitrogens with one attached hydrogen (secondary N) is 1. The van der Waals surface area contributed by atoms with Crippen LogP contribution in [0.25, 0.3) is 10.9 Å². The molecule has 2 aromatic carbocycles. The lowest BCUT2D eigenvalue weighted by atomic mass is 10.2. The molecule has 0 saturated carbocycles. The van der Waals surface area contributed by atoms with Crippen molar-refractivity contribution in [2.45, 2.75) is 6.92 Å². The molecule has 0 radical (unpaired) electrons. The Morgan fingerprint density at radius 3 is 2.71 bits per heavy atom. The molecule has 6 nitrogen and oxygen atoms in total. The summed E-state index contributed by atoms with van der Waals surface area (Å²) in [5.74, 6) is 0.272. The molecular weight excluding hydrogens is 313 g/mol. The summed E-state index contributed by atoms with van der Waals surface area (Å²) in [6.07, 6.45) is 1.38. The number of fused-ring (bicyclic) bond motifs is 1. The van der Waals surface area contributed by atoms with Gasteiger partial charge in [0, 0.05) is 24.1 Å². The summed E-state index contributed by atoms with van der Waals surface area (Å²) >= 11 is 0. The molecule has 1 heterocycles. The molecule has 0 amide bonds. The van der Waals surface area contributed by atoms with Crippen molar-refractivity contribution in [3.8, 4) is 11.5 Å². The average Bonchev–Trinajstić information content (AvgIpc) is 2.54. The van der Waals surface area contributed by atoms with Crippen LogP contribution in [0.1, 0.15) is 6.92 Å². The molecule has 0 spiro atoms. The van der Waals surface area contributed by atoms with Crippen LogP contribution in [0, 0.1) is 5.82 Å².